The van der Waals surface area contributed by atoms with E-state index in [4.69, 9.17) is 17.3 Å². The van der Waals surface area contributed by atoms with Crippen LogP contribution in [0.15, 0.2) is 0 Å². The first-order valence-electron chi connectivity index (χ1n) is 6.53. The maximum Gasteiger partial charge on any atom is 0.0605 e. The van der Waals surface area contributed by atoms with Crippen molar-refractivity contribution >= 4 is 11.6 Å². The average molecular weight is 230 g/mol. The number of halogens is 1. The molecule has 1 nitrogen and oxygen atoms in total. The Morgan fingerprint density at radius 1 is 1.13 bits per heavy atom. The van der Waals surface area contributed by atoms with Gasteiger partial charge in [-0.25, -0.2) is 0 Å². The minimum atomic E-state index is 0.00868. The van der Waals surface area contributed by atoms with Gasteiger partial charge in [0.05, 0.1) is 4.87 Å². The van der Waals surface area contributed by atoms with Gasteiger partial charge in [0, 0.05) is 6.04 Å². The molecule has 0 aromatic heterocycles. The van der Waals surface area contributed by atoms with Crippen LogP contribution in [0.25, 0.3) is 0 Å². The number of alkyl halides is 1. The van der Waals surface area contributed by atoms with Crippen LogP contribution in [-0.4, -0.2) is 10.9 Å². The van der Waals surface area contributed by atoms with Crippen LogP contribution < -0.4 is 5.73 Å². The van der Waals surface area contributed by atoms with Crippen LogP contribution in [0.1, 0.15) is 52.4 Å². The first-order chi connectivity index (χ1) is 7.09. The smallest absolute Gasteiger partial charge is 0.0605 e. The molecule has 3 unspecified atom stereocenters. The van der Waals surface area contributed by atoms with Crippen molar-refractivity contribution in [2.45, 2.75) is 63.3 Å². The Hall–Kier alpha value is 0.250. The molecule has 0 heterocycles. The van der Waals surface area contributed by atoms with Crippen molar-refractivity contribution in [3.63, 3.8) is 0 Å². The Labute approximate surface area is 98.8 Å². The van der Waals surface area contributed by atoms with Gasteiger partial charge in [-0.15, -0.1) is 11.6 Å². The van der Waals surface area contributed by atoms with Crippen molar-refractivity contribution in [1.82, 2.24) is 0 Å². The lowest BCUT2D eigenvalue weighted by Gasteiger charge is -2.57. The molecule has 0 aliphatic heterocycles. The fourth-order valence-corrected chi connectivity index (χ4v) is 4.60. The molecule has 4 rings (SSSR count). The molecule has 0 saturated heterocycles. The topological polar surface area (TPSA) is 26.0 Å². The standard InChI is InChI=1S/C10H16ClN.C3H8/c11-10-4-6-1-7(5-10)3-8(2-6)9(10)12;1-3-2/h6-9H,1-5,12H2;3H2,1-2H3. The van der Waals surface area contributed by atoms with Crippen LogP contribution in [0.2, 0.25) is 0 Å². The van der Waals surface area contributed by atoms with Crippen LogP contribution in [0, 0.1) is 17.8 Å². The monoisotopic (exact) mass is 229 g/mol. The summed E-state index contributed by atoms with van der Waals surface area (Å²) in [6.45, 7) is 4.25. The third kappa shape index (κ3) is 2.06. The lowest BCUT2D eigenvalue weighted by molar-refractivity contribution is 0.0158. The van der Waals surface area contributed by atoms with Gasteiger partial charge in [-0.05, 0) is 49.9 Å². The second-order valence-electron chi connectivity index (χ2n) is 5.87. The predicted octanol–water partition coefficient (Wildman–Crippen LogP) is 3.55. The van der Waals surface area contributed by atoms with E-state index < -0.39 is 0 Å². The van der Waals surface area contributed by atoms with Crippen LogP contribution in [0.4, 0.5) is 0 Å². The molecule has 4 bridgehead atoms. The third-order valence-corrected chi connectivity index (χ3v) is 4.86. The molecule has 0 spiro atoms. The van der Waals surface area contributed by atoms with Gasteiger partial charge < -0.3 is 5.73 Å². The molecule has 0 amide bonds. The molecule has 0 radical (unpaired) electrons. The minimum Gasteiger partial charge on any atom is -0.326 e. The van der Waals surface area contributed by atoms with Crippen molar-refractivity contribution in [3.05, 3.63) is 0 Å². The summed E-state index contributed by atoms with van der Waals surface area (Å²) in [4.78, 5) is 0.00868. The second-order valence-corrected chi connectivity index (χ2v) is 6.63. The van der Waals surface area contributed by atoms with Crippen molar-refractivity contribution in [3.8, 4) is 0 Å². The molecule has 4 saturated carbocycles. The molecule has 4 fully saturated rings. The summed E-state index contributed by atoms with van der Waals surface area (Å²) in [6.07, 6.45) is 7.82. The summed E-state index contributed by atoms with van der Waals surface area (Å²) < 4.78 is 0. The number of hydrogen-bond acceptors (Lipinski definition) is 1. The lowest BCUT2D eigenvalue weighted by Crippen LogP contribution is -2.61. The minimum absolute atomic E-state index is 0.00868. The van der Waals surface area contributed by atoms with Gasteiger partial charge in [-0.2, -0.15) is 0 Å². The van der Waals surface area contributed by atoms with Crippen LogP contribution >= 0.6 is 11.6 Å². The summed E-state index contributed by atoms with van der Waals surface area (Å²) in [5, 5.41) is 0. The zero-order valence-corrected chi connectivity index (χ0v) is 10.8. The molecule has 15 heavy (non-hydrogen) atoms. The Balaban J connectivity index is 0.000000258. The molecule has 3 atom stereocenters. The van der Waals surface area contributed by atoms with Gasteiger partial charge in [0.25, 0.3) is 0 Å². The molecule has 0 aromatic carbocycles. The second kappa shape index (κ2) is 4.25. The largest absolute Gasteiger partial charge is 0.326 e. The fraction of sp³-hybridized carbons (Fsp3) is 1.00. The molecule has 2 heteroatoms. The first kappa shape index (κ1) is 11.7. The van der Waals surface area contributed by atoms with E-state index in [1.165, 1.54) is 38.5 Å². The normalized spacial score (nSPS) is 51.2. The average Bonchev–Trinajstić information content (AvgIpc) is 2.13. The quantitative estimate of drug-likeness (QED) is 0.632. The highest BCUT2D eigenvalue weighted by Gasteiger charge is 2.54. The third-order valence-electron chi connectivity index (χ3n) is 4.30. The van der Waals surface area contributed by atoms with E-state index in [0.29, 0.717) is 6.04 Å². The zero-order valence-electron chi connectivity index (χ0n) is 10.0. The Bertz CT molecular complexity index is 215. The maximum absolute atomic E-state index is 6.56. The summed E-state index contributed by atoms with van der Waals surface area (Å²) in [6, 6.07) is 0.298. The molecular formula is C13H24ClN. The van der Waals surface area contributed by atoms with E-state index in [2.05, 4.69) is 13.8 Å². The van der Waals surface area contributed by atoms with E-state index in [-0.39, 0.29) is 4.87 Å². The molecular weight excluding hydrogens is 206 g/mol. The summed E-state index contributed by atoms with van der Waals surface area (Å²) in [7, 11) is 0. The number of nitrogens with two attached hydrogens (primary N) is 1. The Kier molecular flexibility index (Phi) is 3.33. The summed E-state index contributed by atoms with van der Waals surface area (Å²) in [5.41, 5.74) is 6.17. The Morgan fingerprint density at radius 3 is 2.00 bits per heavy atom. The first-order valence-corrected chi connectivity index (χ1v) is 6.91. The van der Waals surface area contributed by atoms with E-state index in [0.717, 1.165) is 17.8 Å². The molecule has 0 aromatic rings. The predicted molar refractivity (Wildman–Crippen MR) is 66.1 cm³/mol. The van der Waals surface area contributed by atoms with Gasteiger partial charge in [0.2, 0.25) is 0 Å². The number of hydrogen-bond donors (Lipinski definition) is 1. The summed E-state index contributed by atoms with van der Waals surface area (Å²) >= 11 is 6.56. The van der Waals surface area contributed by atoms with E-state index in [1.54, 1.807) is 0 Å². The highest BCUT2D eigenvalue weighted by atomic mass is 35.5. The van der Waals surface area contributed by atoms with E-state index in [1.807, 2.05) is 0 Å². The van der Waals surface area contributed by atoms with Crippen LogP contribution in [0.5, 0.6) is 0 Å². The lowest BCUT2D eigenvalue weighted by atomic mass is 9.54. The van der Waals surface area contributed by atoms with Gasteiger partial charge >= 0.3 is 0 Å². The highest BCUT2D eigenvalue weighted by molar-refractivity contribution is 6.24. The SMILES string of the molecule is CCC.NC1C2CC3CC(C2)CC1(Cl)C3. The van der Waals surface area contributed by atoms with Crippen LogP contribution in [-0.2, 0) is 0 Å². The van der Waals surface area contributed by atoms with Gasteiger partial charge in [0.15, 0.2) is 0 Å². The molecule has 2 N–H and O–H groups in total. The van der Waals surface area contributed by atoms with Gasteiger partial charge in [-0.3, -0.25) is 0 Å². The van der Waals surface area contributed by atoms with E-state index >= 15 is 0 Å². The van der Waals surface area contributed by atoms with Gasteiger partial charge in [-0.1, -0.05) is 20.3 Å². The van der Waals surface area contributed by atoms with Gasteiger partial charge in [0.1, 0.15) is 0 Å². The molecule has 88 valence electrons. The van der Waals surface area contributed by atoms with Crippen molar-refractivity contribution in [1.29, 1.82) is 0 Å². The number of rotatable bonds is 0. The molecule has 4 aliphatic rings. The zero-order chi connectivity index (χ0) is 11.1. The summed E-state index contributed by atoms with van der Waals surface area (Å²) in [5.74, 6) is 2.59. The highest BCUT2D eigenvalue weighted by Crippen LogP contribution is 2.57. The van der Waals surface area contributed by atoms with Crippen molar-refractivity contribution in [2.75, 3.05) is 0 Å². The van der Waals surface area contributed by atoms with Crippen LogP contribution in [0.3, 0.4) is 0 Å². The van der Waals surface area contributed by atoms with Crippen molar-refractivity contribution < 1.29 is 0 Å². The fourth-order valence-electron chi connectivity index (χ4n) is 3.98. The maximum atomic E-state index is 6.56. The Morgan fingerprint density at radius 2 is 1.60 bits per heavy atom. The van der Waals surface area contributed by atoms with E-state index in [9.17, 15) is 0 Å². The molecule has 4 aliphatic carbocycles. The van der Waals surface area contributed by atoms with Crippen molar-refractivity contribution in [2.24, 2.45) is 23.5 Å².